The summed E-state index contributed by atoms with van der Waals surface area (Å²) in [4.78, 5) is 12.4. The van der Waals surface area contributed by atoms with Gasteiger partial charge in [0.05, 0.1) is 15.9 Å². The molecular formula is C17H17F2NO4S2. The topological polar surface area (TPSA) is 74.7 Å². The number of fused-ring (bicyclic) bond motifs is 1. The molecule has 5 nitrogen and oxygen atoms in total. The molecule has 1 unspecified atom stereocenters. The molecule has 3 rings (SSSR count). The number of carbonyl (C=O) groups excluding carboxylic acids is 1. The summed E-state index contributed by atoms with van der Waals surface area (Å²) in [6.07, 6.45) is 0.0533. The molecule has 1 heterocycles. The lowest BCUT2D eigenvalue weighted by molar-refractivity contribution is 0.0976. The summed E-state index contributed by atoms with van der Waals surface area (Å²) >= 11 is 1.10. The summed E-state index contributed by atoms with van der Waals surface area (Å²) in [5, 5.41) is 11.6. The Morgan fingerprint density at radius 2 is 2.04 bits per heavy atom. The first-order chi connectivity index (χ1) is 12.2. The van der Waals surface area contributed by atoms with E-state index in [1.54, 1.807) is 0 Å². The highest BCUT2D eigenvalue weighted by atomic mass is 32.2. The molecule has 0 spiro atoms. The summed E-state index contributed by atoms with van der Waals surface area (Å²) in [6.45, 7) is -0.399. The van der Waals surface area contributed by atoms with Crippen LogP contribution < -0.4 is 0 Å². The molecule has 26 heavy (non-hydrogen) atoms. The van der Waals surface area contributed by atoms with Crippen LogP contribution in [-0.4, -0.2) is 37.2 Å². The fourth-order valence-corrected chi connectivity index (χ4v) is 5.81. The first kappa shape index (κ1) is 19.1. The van der Waals surface area contributed by atoms with Gasteiger partial charge in [0.25, 0.3) is 0 Å². The van der Waals surface area contributed by atoms with Gasteiger partial charge in [-0.15, -0.1) is 11.3 Å². The largest absolute Gasteiger partial charge is 0.387 e. The van der Waals surface area contributed by atoms with E-state index in [2.05, 4.69) is 0 Å². The van der Waals surface area contributed by atoms with Gasteiger partial charge >= 0.3 is 0 Å². The summed E-state index contributed by atoms with van der Waals surface area (Å²) in [5.74, 6) is -1.79. The van der Waals surface area contributed by atoms with E-state index in [9.17, 15) is 27.1 Å². The molecule has 0 fully saturated rings. The fourth-order valence-electron chi connectivity index (χ4n) is 2.97. The molecule has 1 aliphatic rings. The van der Waals surface area contributed by atoms with E-state index in [0.29, 0.717) is 35.8 Å². The second kappa shape index (κ2) is 7.15. The van der Waals surface area contributed by atoms with Crippen molar-refractivity contribution in [1.29, 1.82) is 0 Å². The van der Waals surface area contributed by atoms with Crippen LogP contribution in [0.5, 0.6) is 0 Å². The molecule has 0 radical (unpaired) electrons. The lowest BCUT2D eigenvalue weighted by Crippen LogP contribution is -2.32. The van der Waals surface area contributed by atoms with Crippen molar-refractivity contribution in [3.8, 4) is 0 Å². The highest BCUT2D eigenvalue weighted by Gasteiger charge is 2.32. The van der Waals surface area contributed by atoms with Crippen molar-refractivity contribution in [1.82, 2.24) is 4.31 Å². The number of aliphatic hydroxyl groups is 1. The van der Waals surface area contributed by atoms with Crippen LogP contribution in [-0.2, 0) is 16.4 Å². The third kappa shape index (κ3) is 3.44. The lowest BCUT2D eigenvalue weighted by atomic mass is 9.98. The van der Waals surface area contributed by atoms with E-state index in [1.165, 1.54) is 12.4 Å². The number of carbonyl (C=O) groups is 1. The van der Waals surface area contributed by atoms with Gasteiger partial charge in [0.2, 0.25) is 10.0 Å². The van der Waals surface area contributed by atoms with E-state index >= 15 is 0 Å². The molecule has 0 saturated heterocycles. The number of benzene rings is 1. The number of rotatable bonds is 5. The number of hydrogen-bond donors (Lipinski definition) is 1. The minimum absolute atomic E-state index is 0.0554. The Kier molecular flexibility index (Phi) is 5.25. The van der Waals surface area contributed by atoms with Gasteiger partial charge in [-0.2, -0.15) is 4.31 Å². The van der Waals surface area contributed by atoms with Crippen LogP contribution in [0.1, 0.15) is 39.7 Å². The van der Waals surface area contributed by atoms with Gasteiger partial charge in [-0.05, 0) is 24.5 Å². The smallest absolute Gasteiger partial charge is 0.244 e. The van der Waals surface area contributed by atoms with E-state index < -0.39 is 34.3 Å². The number of sulfonamides is 1. The van der Waals surface area contributed by atoms with Crippen molar-refractivity contribution in [3.05, 3.63) is 51.2 Å². The molecule has 0 amide bonds. The Balaban J connectivity index is 1.85. The molecule has 0 saturated carbocycles. The fraction of sp³-hybridized carbons (Fsp3) is 0.353. The maximum atomic E-state index is 13.8. The van der Waals surface area contributed by atoms with Crippen molar-refractivity contribution in [3.63, 3.8) is 0 Å². The lowest BCUT2D eigenvalue weighted by Gasteiger charge is -2.22. The molecule has 1 aromatic heterocycles. The second-order valence-electron chi connectivity index (χ2n) is 6.15. The molecule has 0 aliphatic heterocycles. The highest BCUT2D eigenvalue weighted by molar-refractivity contribution is 7.89. The summed E-state index contributed by atoms with van der Waals surface area (Å²) < 4.78 is 53.4. The second-order valence-corrected chi connectivity index (χ2v) is 9.04. The zero-order chi connectivity index (χ0) is 19.1. The van der Waals surface area contributed by atoms with Crippen molar-refractivity contribution < 1.29 is 27.1 Å². The van der Waals surface area contributed by atoms with Crippen LogP contribution >= 0.6 is 11.3 Å². The number of aliphatic hydroxyl groups excluding tert-OH is 1. The van der Waals surface area contributed by atoms with Crippen LogP contribution in [0.3, 0.4) is 0 Å². The van der Waals surface area contributed by atoms with Crippen molar-refractivity contribution in [2.75, 3.05) is 13.6 Å². The van der Waals surface area contributed by atoms with Crippen molar-refractivity contribution in [2.24, 2.45) is 0 Å². The standard InChI is InChI=1S/C17H17F2NO4S2/c1-20(8-15(22)11-6-5-10(18)7-13(11)19)26(23,24)16-9-25-17-12(16)3-2-4-14(17)21/h5-7,9,15,22H,2-4,8H2,1H3. The predicted octanol–water partition coefficient (Wildman–Crippen LogP) is 2.90. The highest BCUT2D eigenvalue weighted by Crippen LogP contribution is 2.34. The molecule has 1 atom stereocenters. The average molecular weight is 401 g/mol. The van der Waals surface area contributed by atoms with E-state index in [-0.39, 0.29) is 16.2 Å². The van der Waals surface area contributed by atoms with Gasteiger partial charge in [0.1, 0.15) is 11.6 Å². The number of nitrogens with zero attached hydrogens (tertiary/aromatic N) is 1. The van der Waals surface area contributed by atoms with Crippen LogP contribution in [0.25, 0.3) is 0 Å². The number of thiophene rings is 1. The minimum atomic E-state index is -3.95. The third-order valence-electron chi connectivity index (χ3n) is 4.38. The van der Waals surface area contributed by atoms with Crippen LogP contribution in [0, 0.1) is 11.6 Å². The molecule has 1 aromatic carbocycles. The number of ketones is 1. The monoisotopic (exact) mass is 401 g/mol. The van der Waals surface area contributed by atoms with Gasteiger partial charge in [-0.1, -0.05) is 6.07 Å². The number of Topliss-reactive ketones (excluding diaryl/α,β-unsaturated/α-hetero) is 1. The van der Waals surface area contributed by atoms with Crippen LogP contribution in [0.2, 0.25) is 0 Å². The first-order valence-electron chi connectivity index (χ1n) is 7.94. The zero-order valence-electron chi connectivity index (χ0n) is 13.9. The maximum absolute atomic E-state index is 13.8. The molecule has 9 heteroatoms. The molecule has 140 valence electrons. The summed E-state index contributed by atoms with van der Waals surface area (Å²) in [7, 11) is -2.68. The first-order valence-corrected chi connectivity index (χ1v) is 10.3. The van der Waals surface area contributed by atoms with Gasteiger partial charge in [0, 0.05) is 37.0 Å². The molecule has 0 bridgehead atoms. The Morgan fingerprint density at radius 1 is 1.31 bits per heavy atom. The Hall–Kier alpha value is -1.68. The van der Waals surface area contributed by atoms with Gasteiger partial charge in [-0.25, -0.2) is 17.2 Å². The van der Waals surface area contributed by atoms with Crippen molar-refractivity contribution >= 4 is 27.1 Å². The van der Waals surface area contributed by atoms with Gasteiger partial charge in [-0.3, -0.25) is 4.79 Å². The molecule has 1 aliphatic carbocycles. The van der Waals surface area contributed by atoms with Crippen LogP contribution in [0.15, 0.2) is 28.5 Å². The zero-order valence-corrected chi connectivity index (χ0v) is 15.5. The SMILES string of the molecule is CN(CC(O)c1ccc(F)cc1F)S(=O)(=O)c1csc2c1CCCC2=O. The van der Waals surface area contributed by atoms with Gasteiger partial charge < -0.3 is 5.11 Å². The predicted molar refractivity (Wildman–Crippen MR) is 92.7 cm³/mol. The number of halogens is 2. The molecule has 1 N–H and O–H groups in total. The number of likely N-dealkylation sites (N-methyl/N-ethyl adjacent to an activating group) is 1. The third-order valence-corrected chi connectivity index (χ3v) is 7.48. The number of hydrogen-bond acceptors (Lipinski definition) is 5. The molecular weight excluding hydrogens is 384 g/mol. The van der Waals surface area contributed by atoms with Crippen molar-refractivity contribution in [2.45, 2.75) is 30.3 Å². The summed E-state index contributed by atoms with van der Waals surface area (Å²) in [6, 6.07) is 2.71. The summed E-state index contributed by atoms with van der Waals surface area (Å²) in [5.41, 5.74) is 0.330. The Morgan fingerprint density at radius 3 is 2.73 bits per heavy atom. The minimum Gasteiger partial charge on any atom is -0.387 e. The maximum Gasteiger partial charge on any atom is 0.244 e. The van der Waals surface area contributed by atoms with E-state index in [0.717, 1.165) is 27.8 Å². The van der Waals surface area contributed by atoms with Gasteiger partial charge in [0.15, 0.2) is 5.78 Å². The van der Waals surface area contributed by atoms with Crippen LogP contribution in [0.4, 0.5) is 8.78 Å². The normalized spacial score (nSPS) is 16.0. The van der Waals surface area contributed by atoms with E-state index in [4.69, 9.17) is 0 Å². The van der Waals surface area contributed by atoms with E-state index in [1.807, 2.05) is 0 Å². The molecule has 2 aromatic rings. The quantitative estimate of drug-likeness (QED) is 0.836. The average Bonchev–Trinajstić information content (AvgIpc) is 3.00. The Bertz CT molecular complexity index is 956. The Labute approximate surface area is 153 Å².